The summed E-state index contributed by atoms with van der Waals surface area (Å²) in [5, 5.41) is 10.0. The number of aromatic nitrogens is 1. The average Bonchev–Trinajstić information content (AvgIpc) is 2.29. The van der Waals surface area contributed by atoms with E-state index in [0.717, 1.165) is 18.4 Å². The monoisotopic (exact) mass is 205 g/mol. The molecule has 1 atom stereocenters. The molecule has 2 rings (SSSR count). The molecule has 15 heavy (non-hydrogen) atoms. The largest absolute Gasteiger partial charge is 0.495 e. The van der Waals surface area contributed by atoms with Crippen molar-refractivity contribution in [3.8, 4) is 0 Å². The SMILES string of the molecule is Cc1ccnc(C(O)C2=CCCCO2)c1. The van der Waals surface area contributed by atoms with E-state index < -0.39 is 6.10 Å². The lowest BCUT2D eigenvalue weighted by molar-refractivity contribution is 0.0894. The second-order valence-electron chi connectivity index (χ2n) is 3.76. The van der Waals surface area contributed by atoms with Crippen molar-refractivity contribution in [2.24, 2.45) is 0 Å². The average molecular weight is 205 g/mol. The number of nitrogens with zero attached hydrogens (tertiary/aromatic N) is 1. The number of aryl methyl sites for hydroxylation is 1. The number of hydrogen-bond donors (Lipinski definition) is 1. The molecule has 0 amide bonds. The third-order valence-electron chi connectivity index (χ3n) is 2.45. The summed E-state index contributed by atoms with van der Waals surface area (Å²) in [6.45, 7) is 2.67. The minimum atomic E-state index is -0.717. The van der Waals surface area contributed by atoms with Crippen LogP contribution >= 0.6 is 0 Å². The quantitative estimate of drug-likeness (QED) is 0.804. The third kappa shape index (κ3) is 2.36. The zero-order valence-corrected chi connectivity index (χ0v) is 8.81. The minimum Gasteiger partial charge on any atom is -0.495 e. The Morgan fingerprint density at radius 2 is 2.40 bits per heavy atom. The summed E-state index contributed by atoms with van der Waals surface area (Å²) < 4.78 is 5.41. The molecule has 1 N–H and O–H groups in total. The fourth-order valence-electron chi connectivity index (χ4n) is 1.62. The first-order valence-electron chi connectivity index (χ1n) is 5.21. The van der Waals surface area contributed by atoms with Gasteiger partial charge in [0.1, 0.15) is 5.76 Å². The van der Waals surface area contributed by atoms with E-state index >= 15 is 0 Å². The summed E-state index contributed by atoms with van der Waals surface area (Å²) in [6.07, 6.45) is 4.93. The minimum absolute atomic E-state index is 0.638. The zero-order chi connectivity index (χ0) is 10.7. The summed E-state index contributed by atoms with van der Waals surface area (Å²) in [7, 11) is 0. The van der Waals surface area contributed by atoms with Crippen LogP contribution < -0.4 is 0 Å². The maximum absolute atomic E-state index is 10.0. The van der Waals surface area contributed by atoms with Crippen LogP contribution in [0.15, 0.2) is 30.2 Å². The molecular weight excluding hydrogens is 190 g/mol. The first-order chi connectivity index (χ1) is 7.27. The van der Waals surface area contributed by atoms with Gasteiger partial charge in [0.2, 0.25) is 0 Å². The first kappa shape index (κ1) is 10.2. The summed E-state index contributed by atoms with van der Waals surface area (Å²) in [6, 6.07) is 3.79. The maximum atomic E-state index is 10.0. The van der Waals surface area contributed by atoms with Crippen LogP contribution in [0.2, 0.25) is 0 Å². The molecule has 0 saturated heterocycles. The third-order valence-corrected chi connectivity index (χ3v) is 2.45. The predicted octanol–water partition coefficient (Wildman–Crippen LogP) is 2.12. The number of ether oxygens (including phenoxy) is 1. The molecule has 1 aromatic rings. The molecule has 3 nitrogen and oxygen atoms in total. The lowest BCUT2D eigenvalue weighted by Gasteiger charge is -2.19. The number of hydrogen-bond acceptors (Lipinski definition) is 3. The van der Waals surface area contributed by atoms with E-state index in [2.05, 4.69) is 4.98 Å². The summed E-state index contributed by atoms with van der Waals surface area (Å²) in [5.74, 6) is 0.638. The van der Waals surface area contributed by atoms with E-state index in [4.69, 9.17) is 4.74 Å². The van der Waals surface area contributed by atoms with E-state index in [-0.39, 0.29) is 0 Å². The molecule has 3 heteroatoms. The standard InChI is InChI=1S/C12H15NO2/c1-9-5-6-13-10(8-9)12(14)11-4-2-3-7-15-11/h4-6,8,12,14H,2-3,7H2,1H3. The highest BCUT2D eigenvalue weighted by molar-refractivity contribution is 5.21. The Morgan fingerprint density at radius 1 is 1.53 bits per heavy atom. The number of aliphatic hydroxyl groups excluding tert-OH is 1. The molecule has 80 valence electrons. The van der Waals surface area contributed by atoms with Crippen LogP contribution in [0, 0.1) is 6.92 Å². The Balaban J connectivity index is 2.19. The Kier molecular flexibility index (Phi) is 3.02. The highest BCUT2D eigenvalue weighted by Crippen LogP contribution is 2.24. The van der Waals surface area contributed by atoms with Gasteiger partial charge in [0.05, 0.1) is 12.3 Å². The van der Waals surface area contributed by atoms with Crippen molar-refractivity contribution in [3.05, 3.63) is 41.4 Å². The molecule has 2 heterocycles. The summed E-state index contributed by atoms with van der Waals surface area (Å²) in [5.41, 5.74) is 1.75. The van der Waals surface area contributed by atoms with Gasteiger partial charge in [0.25, 0.3) is 0 Å². The van der Waals surface area contributed by atoms with Crippen molar-refractivity contribution in [2.75, 3.05) is 6.61 Å². The molecule has 1 unspecified atom stereocenters. The van der Waals surface area contributed by atoms with Gasteiger partial charge in [0, 0.05) is 6.20 Å². The lowest BCUT2D eigenvalue weighted by atomic mass is 10.1. The van der Waals surface area contributed by atoms with E-state index in [1.807, 2.05) is 25.1 Å². The topological polar surface area (TPSA) is 42.4 Å². The van der Waals surface area contributed by atoms with E-state index in [9.17, 15) is 5.11 Å². The maximum Gasteiger partial charge on any atom is 0.152 e. The molecule has 0 aromatic carbocycles. The van der Waals surface area contributed by atoms with Crippen molar-refractivity contribution >= 4 is 0 Å². The normalized spacial score (nSPS) is 17.9. The van der Waals surface area contributed by atoms with Crippen molar-refractivity contribution < 1.29 is 9.84 Å². The number of rotatable bonds is 2. The van der Waals surface area contributed by atoms with Crippen LogP contribution in [0.3, 0.4) is 0 Å². The second kappa shape index (κ2) is 4.45. The second-order valence-corrected chi connectivity index (χ2v) is 3.76. The Hall–Kier alpha value is -1.35. The highest BCUT2D eigenvalue weighted by Gasteiger charge is 2.17. The van der Waals surface area contributed by atoms with Gasteiger partial charge in [-0.25, -0.2) is 0 Å². The fraction of sp³-hybridized carbons (Fsp3) is 0.417. The number of aliphatic hydroxyl groups is 1. The highest BCUT2D eigenvalue weighted by atomic mass is 16.5. The number of allylic oxidation sites excluding steroid dienone is 1. The molecule has 1 aromatic heterocycles. The van der Waals surface area contributed by atoms with Gasteiger partial charge in [-0.15, -0.1) is 0 Å². The molecule has 0 fully saturated rings. The van der Waals surface area contributed by atoms with Crippen LogP contribution in [0.25, 0.3) is 0 Å². The molecule has 0 aliphatic carbocycles. The molecular formula is C12H15NO2. The van der Waals surface area contributed by atoms with Gasteiger partial charge in [-0.3, -0.25) is 4.98 Å². The van der Waals surface area contributed by atoms with Crippen molar-refractivity contribution in [1.29, 1.82) is 0 Å². The van der Waals surface area contributed by atoms with Crippen LogP contribution in [0.4, 0.5) is 0 Å². The Bertz CT molecular complexity index is 374. The Labute approximate surface area is 89.4 Å². The van der Waals surface area contributed by atoms with Gasteiger partial charge in [-0.1, -0.05) is 0 Å². The van der Waals surface area contributed by atoms with Gasteiger partial charge < -0.3 is 9.84 Å². The first-order valence-corrected chi connectivity index (χ1v) is 5.21. The molecule has 0 radical (unpaired) electrons. The summed E-state index contributed by atoms with van der Waals surface area (Å²) >= 11 is 0. The molecule has 0 bridgehead atoms. The van der Waals surface area contributed by atoms with E-state index in [1.165, 1.54) is 0 Å². The van der Waals surface area contributed by atoms with E-state index in [1.54, 1.807) is 6.20 Å². The van der Waals surface area contributed by atoms with Crippen LogP contribution in [0.1, 0.15) is 30.2 Å². The lowest BCUT2D eigenvalue weighted by Crippen LogP contribution is -2.11. The van der Waals surface area contributed by atoms with Crippen molar-refractivity contribution in [1.82, 2.24) is 4.98 Å². The van der Waals surface area contributed by atoms with Crippen molar-refractivity contribution in [2.45, 2.75) is 25.9 Å². The zero-order valence-electron chi connectivity index (χ0n) is 8.81. The molecule has 1 aliphatic heterocycles. The van der Waals surface area contributed by atoms with Crippen LogP contribution in [-0.4, -0.2) is 16.7 Å². The molecule has 0 saturated carbocycles. The van der Waals surface area contributed by atoms with Gasteiger partial charge in [0.15, 0.2) is 6.10 Å². The smallest absolute Gasteiger partial charge is 0.152 e. The van der Waals surface area contributed by atoms with Gasteiger partial charge >= 0.3 is 0 Å². The van der Waals surface area contributed by atoms with Crippen molar-refractivity contribution in [3.63, 3.8) is 0 Å². The number of pyridine rings is 1. The van der Waals surface area contributed by atoms with E-state index in [0.29, 0.717) is 18.1 Å². The predicted molar refractivity (Wildman–Crippen MR) is 57.2 cm³/mol. The molecule has 0 spiro atoms. The summed E-state index contributed by atoms with van der Waals surface area (Å²) in [4.78, 5) is 4.14. The van der Waals surface area contributed by atoms with Crippen LogP contribution in [0.5, 0.6) is 0 Å². The fourth-order valence-corrected chi connectivity index (χ4v) is 1.62. The van der Waals surface area contributed by atoms with Crippen LogP contribution in [-0.2, 0) is 4.74 Å². The van der Waals surface area contributed by atoms with Gasteiger partial charge in [-0.2, -0.15) is 0 Å². The Morgan fingerprint density at radius 3 is 3.07 bits per heavy atom. The molecule has 1 aliphatic rings. The van der Waals surface area contributed by atoms with Gasteiger partial charge in [-0.05, 0) is 43.5 Å².